The van der Waals surface area contributed by atoms with Crippen molar-refractivity contribution in [2.24, 2.45) is 0 Å². The van der Waals surface area contributed by atoms with Crippen LogP contribution in [0.3, 0.4) is 0 Å². The number of carboxylic acids is 1. The molecule has 0 aromatic heterocycles. The van der Waals surface area contributed by atoms with Gasteiger partial charge in [-0.3, -0.25) is 9.59 Å². The molecule has 4 heteroatoms. The van der Waals surface area contributed by atoms with Gasteiger partial charge in [0.2, 0.25) is 5.91 Å². The van der Waals surface area contributed by atoms with Gasteiger partial charge in [0, 0.05) is 5.57 Å². The molecule has 0 rings (SSSR count). The van der Waals surface area contributed by atoms with Crippen LogP contribution < -0.4 is 5.32 Å². The van der Waals surface area contributed by atoms with E-state index in [0.717, 1.165) is 0 Å². The van der Waals surface area contributed by atoms with Crippen molar-refractivity contribution in [3.8, 4) is 0 Å². The third-order valence-corrected chi connectivity index (χ3v) is 1.51. The number of rotatable bonds is 3. The van der Waals surface area contributed by atoms with Gasteiger partial charge in [0.25, 0.3) is 0 Å². The molecule has 1 atom stereocenters. The normalized spacial score (nSPS) is 13.8. The third kappa shape index (κ3) is 3.18. The molecule has 0 radical (unpaired) electrons. The van der Waals surface area contributed by atoms with Crippen molar-refractivity contribution in [2.75, 3.05) is 0 Å². The number of nitrogens with one attached hydrogen (secondary N) is 1. The Bertz CT molecular complexity index is 220. The van der Waals surface area contributed by atoms with Gasteiger partial charge >= 0.3 is 5.97 Å². The maximum atomic E-state index is 11.0. The monoisotopic (exact) mass is 171 g/mol. The molecule has 68 valence electrons. The maximum Gasteiger partial charge on any atom is 0.325 e. The molecule has 0 aliphatic rings. The van der Waals surface area contributed by atoms with E-state index >= 15 is 0 Å². The minimum Gasteiger partial charge on any atom is -0.480 e. The Labute approximate surface area is 71.3 Å². The summed E-state index contributed by atoms with van der Waals surface area (Å²) >= 11 is 0. The third-order valence-electron chi connectivity index (χ3n) is 1.51. The molecule has 0 spiro atoms. The SMILES string of the molecule is C/C=C(/C)C(=O)NC(C)C(=O)O. The van der Waals surface area contributed by atoms with Gasteiger partial charge in [-0.15, -0.1) is 0 Å². The number of carbonyl (C=O) groups is 2. The van der Waals surface area contributed by atoms with Gasteiger partial charge in [-0.1, -0.05) is 6.08 Å². The van der Waals surface area contributed by atoms with Crippen molar-refractivity contribution < 1.29 is 14.7 Å². The van der Waals surface area contributed by atoms with E-state index in [0.29, 0.717) is 5.57 Å². The Morgan fingerprint density at radius 1 is 1.50 bits per heavy atom. The number of hydrogen-bond donors (Lipinski definition) is 2. The highest BCUT2D eigenvalue weighted by Crippen LogP contribution is 1.92. The standard InChI is InChI=1S/C8H13NO3/c1-4-5(2)7(10)9-6(3)8(11)12/h4,6H,1-3H3,(H,9,10)(H,11,12)/b5-4-. The average molecular weight is 171 g/mol. The molecule has 12 heavy (non-hydrogen) atoms. The van der Waals surface area contributed by atoms with Crippen molar-refractivity contribution in [3.63, 3.8) is 0 Å². The molecule has 1 amide bonds. The van der Waals surface area contributed by atoms with E-state index in [1.165, 1.54) is 6.92 Å². The van der Waals surface area contributed by atoms with Gasteiger partial charge in [-0.2, -0.15) is 0 Å². The maximum absolute atomic E-state index is 11.0. The number of amides is 1. The van der Waals surface area contributed by atoms with Gasteiger partial charge in [-0.05, 0) is 20.8 Å². The van der Waals surface area contributed by atoms with Crippen molar-refractivity contribution >= 4 is 11.9 Å². The lowest BCUT2D eigenvalue weighted by Crippen LogP contribution is -2.38. The summed E-state index contributed by atoms with van der Waals surface area (Å²) in [6.07, 6.45) is 1.63. The van der Waals surface area contributed by atoms with Crippen LogP contribution in [0.25, 0.3) is 0 Å². The van der Waals surface area contributed by atoms with Gasteiger partial charge < -0.3 is 10.4 Å². The highest BCUT2D eigenvalue weighted by molar-refractivity contribution is 5.95. The zero-order valence-corrected chi connectivity index (χ0v) is 7.42. The molecule has 4 nitrogen and oxygen atoms in total. The first kappa shape index (κ1) is 10.7. The molecule has 0 heterocycles. The summed E-state index contributed by atoms with van der Waals surface area (Å²) in [5.74, 6) is -1.38. The lowest BCUT2D eigenvalue weighted by Gasteiger charge is -2.08. The number of carbonyl (C=O) groups excluding carboxylic acids is 1. The topological polar surface area (TPSA) is 66.4 Å². The first-order chi connectivity index (χ1) is 5.49. The average Bonchev–Trinajstić information content (AvgIpc) is 2.02. The Hall–Kier alpha value is -1.32. The zero-order valence-electron chi connectivity index (χ0n) is 7.42. The van der Waals surface area contributed by atoms with Crippen LogP contribution >= 0.6 is 0 Å². The number of hydrogen-bond acceptors (Lipinski definition) is 2. The molecule has 0 aliphatic carbocycles. The fraction of sp³-hybridized carbons (Fsp3) is 0.500. The molecule has 1 unspecified atom stereocenters. The van der Waals surface area contributed by atoms with Crippen LogP contribution in [0.1, 0.15) is 20.8 Å². The molecule has 0 aromatic carbocycles. The van der Waals surface area contributed by atoms with E-state index in [-0.39, 0.29) is 5.91 Å². The fourth-order valence-electron chi connectivity index (χ4n) is 0.503. The number of allylic oxidation sites excluding steroid dienone is 1. The summed E-state index contributed by atoms with van der Waals surface area (Å²) in [6.45, 7) is 4.77. The summed E-state index contributed by atoms with van der Waals surface area (Å²) < 4.78 is 0. The molecule has 0 aliphatic heterocycles. The first-order valence-corrected chi connectivity index (χ1v) is 3.65. The van der Waals surface area contributed by atoms with E-state index < -0.39 is 12.0 Å². The van der Waals surface area contributed by atoms with E-state index in [9.17, 15) is 9.59 Å². The summed E-state index contributed by atoms with van der Waals surface area (Å²) in [4.78, 5) is 21.4. The largest absolute Gasteiger partial charge is 0.480 e. The second kappa shape index (κ2) is 4.54. The van der Waals surface area contributed by atoms with Crippen LogP contribution in [0.2, 0.25) is 0 Å². The van der Waals surface area contributed by atoms with E-state index in [2.05, 4.69) is 5.32 Å². The van der Waals surface area contributed by atoms with Crippen LogP contribution in [-0.4, -0.2) is 23.0 Å². The molecule has 0 fully saturated rings. The quantitative estimate of drug-likeness (QED) is 0.609. The molecular formula is C8H13NO3. The molecule has 0 saturated carbocycles. The van der Waals surface area contributed by atoms with Crippen molar-refractivity contribution in [2.45, 2.75) is 26.8 Å². The Kier molecular flexibility index (Phi) is 4.04. The Morgan fingerprint density at radius 2 is 2.00 bits per heavy atom. The first-order valence-electron chi connectivity index (χ1n) is 3.65. The predicted molar refractivity (Wildman–Crippen MR) is 44.7 cm³/mol. The van der Waals surface area contributed by atoms with E-state index in [1.807, 2.05) is 0 Å². The molecule has 2 N–H and O–H groups in total. The smallest absolute Gasteiger partial charge is 0.325 e. The van der Waals surface area contributed by atoms with Crippen LogP contribution in [0, 0.1) is 0 Å². The van der Waals surface area contributed by atoms with Crippen molar-refractivity contribution in [1.29, 1.82) is 0 Å². The van der Waals surface area contributed by atoms with Crippen LogP contribution in [-0.2, 0) is 9.59 Å². The van der Waals surface area contributed by atoms with Gasteiger partial charge in [-0.25, -0.2) is 0 Å². The summed E-state index contributed by atoms with van der Waals surface area (Å²) in [7, 11) is 0. The zero-order chi connectivity index (χ0) is 9.72. The van der Waals surface area contributed by atoms with Crippen LogP contribution in [0.15, 0.2) is 11.6 Å². The molecular weight excluding hydrogens is 158 g/mol. The van der Waals surface area contributed by atoms with Crippen molar-refractivity contribution in [3.05, 3.63) is 11.6 Å². The molecule has 0 bridgehead atoms. The predicted octanol–water partition coefficient (Wildman–Crippen LogP) is 0.542. The highest BCUT2D eigenvalue weighted by atomic mass is 16.4. The minimum atomic E-state index is -1.03. The van der Waals surface area contributed by atoms with E-state index in [4.69, 9.17) is 5.11 Å². The Morgan fingerprint density at radius 3 is 2.33 bits per heavy atom. The number of aliphatic carboxylic acids is 1. The lowest BCUT2D eigenvalue weighted by molar-refractivity contribution is -0.140. The second-order valence-electron chi connectivity index (χ2n) is 2.51. The fourth-order valence-corrected chi connectivity index (χ4v) is 0.503. The summed E-state index contributed by atoms with van der Waals surface area (Å²) in [6, 6.07) is -0.840. The van der Waals surface area contributed by atoms with Gasteiger partial charge in [0.05, 0.1) is 0 Å². The summed E-state index contributed by atoms with van der Waals surface area (Å²) in [5, 5.41) is 10.8. The van der Waals surface area contributed by atoms with E-state index in [1.54, 1.807) is 19.9 Å². The second-order valence-corrected chi connectivity index (χ2v) is 2.51. The van der Waals surface area contributed by atoms with Gasteiger partial charge in [0.1, 0.15) is 6.04 Å². The lowest BCUT2D eigenvalue weighted by atomic mass is 10.2. The minimum absolute atomic E-state index is 0.340. The molecule has 0 aromatic rings. The van der Waals surface area contributed by atoms with Crippen LogP contribution in [0.5, 0.6) is 0 Å². The molecule has 0 saturated heterocycles. The van der Waals surface area contributed by atoms with Crippen LogP contribution in [0.4, 0.5) is 0 Å². The van der Waals surface area contributed by atoms with Gasteiger partial charge in [0.15, 0.2) is 0 Å². The number of carboxylic acid groups (broad SMARTS) is 1. The highest BCUT2D eigenvalue weighted by Gasteiger charge is 2.13. The van der Waals surface area contributed by atoms with Crippen molar-refractivity contribution in [1.82, 2.24) is 5.32 Å². The summed E-state index contributed by atoms with van der Waals surface area (Å²) in [5.41, 5.74) is 0.517. The Balaban J connectivity index is 4.11.